The smallest absolute Gasteiger partial charge is 0.191 e. The number of guanidine groups is 1. The Bertz CT molecular complexity index is 724. The third-order valence-corrected chi connectivity index (χ3v) is 4.82. The van der Waals surface area contributed by atoms with Gasteiger partial charge in [0.05, 0.1) is 13.2 Å². The number of aromatic nitrogens is 3. The molecule has 0 radical (unpaired) electrons. The maximum Gasteiger partial charge on any atom is 0.191 e. The standard InChI is InChI=1S/C19H27ClN6O/c1-2-18-25-24-14-26(18)9-8-21-19(23-12-16-7-10-27-13-16)22-11-15-3-5-17(20)6-4-15/h3-6,14,16H,2,7-13H2,1H3,(H2,21,22,23). The second-order valence-corrected chi connectivity index (χ2v) is 7.06. The van der Waals surface area contributed by atoms with Crippen molar-refractivity contribution in [3.05, 3.63) is 47.0 Å². The van der Waals surface area contributed by atoms with E-state index in [4.69, 9.17) is 21.3 Å². The first kappa shape index (κ1) is 19.6. The van der Waals surface area contributed by atoms with Crippen molar-refractivity contribution in [3.8, 4) is 0 Å². The van der Waals surface area contributed by atoms with E-state index < -0.39 is 0 Å². The fourth-order valence-corrected chi connectivity index (χ4v) is 3.08. The molecule has 0 amide bonds. The molecule has 1 atom stereocenters. The molecule has 8 heteroatoms. The average molecular weight is 391 g/mol. The van der Waals surface area contributed by atoms with E-state index in [1.54, 1.807) is 6.33 Å². The first-order valence-electron chi connectivity index (χ1n) is 9.45. The number of nitrogens with one attached hydrogen (secondary N) is 2. The number of rotatable bonds is 8. The summed E-state index contributed by atoms with van der Waals surface area (Å²) < 4.78 is 7.52. The molecule has 1 aromatic heterocycles. The molecule has 0 bridgehead atoms. The Hall–Kier alpha value is -2.12. The SMILES string of the molecule is CCc1nncn1CCNC(=NCc1ccc(Cl)cc1)NCC1CCOC1. The number of aliphatic imine (C=N–C) groups is 1. The van der Waals surface area contributed by atoms with Crippen molar-refractivity contribution in [3.63, 3.8) is 0 Å². The van der Waals surface area contributed by atoms with E-state index in [0.717, 1.165) is 68.1 Å². The summed E-state index contributed by atoms with van der Waals surface area (Å²) in [6, 6.07) is 7.78. The molecule has 1 unspecified atom stereocenters. The maximum atomic E-state index is 5.95. The van der Waals surface area contributed by atoms with Crippen LogP contribution in [0.3, 0.4) is 0 Å². The summed E-state index contributed by atoms with van der Waals surface area (Å²) >= 11 is 5.95. The molecule has 2 N–H and O–H groups in total. The largest absolute Gasteiger partial charge is 0.381 e. The van der Waals surface area contributed by atoms with Gasteiger partial charge < -0.3 is 19.9 Å². The second-order valence-electron chi connectivity index (χ2n) is 6.62. The normalized spacial score (nSPS) is 17.3. The van der Waals surface area contributed by atoms with E-state index >= 15 is 0 Å². The van der Waals surface area contributed by atoms with Crippen LogP contribution in [0, 0.1) is 5.92 Å². The van der Waals surface area contributed by atoms with Gasteiger partial charge in [-0.25, -0.2) is 4.99 Å². The Labute approximate surface area is 165 Å². The summed E-state index contributed by atoms with van der Waals surface area (Å²) in [4.78, 5) is 4.72. The van der Waals surface area contributed by atoms with Gasteiger partial charge in [-0.1, -0.05) is 30.7 Å². The molecule has 0 saturated carbocycles. The van der Waals surface area contributed by atoms with E-state index in [-0.39, 0.29) is 0 Å². The molecular weight excluding hydrogens is 364 g/mol. The minimum atomic E-state index is 0.539. The van der Waals surface area contributed by atoms with Gasteiger partial charge in [0.2, 0.25) is 0 Å². The molecule has 1 aromatic carbocycles. The van der Waals surface area contributed by atoms with Crippen molar-refractivity contribution in [1.29, 1.82) is 0 Å². The van der Waals surface area contributed by atoms with Gasteiger partial charge >= 0.3 is 0 Å². The summed E-state index contributed by atoms with van der Waals surface area (Å²) in [5, 5.41) is 15.7. The van der Waals surface area contributed by atoms with E-state index in [1.165, 1.54) is 0 Å². The molecule has 146 valence electrons. The van der Waals surface area contributed by atoms with Crippen LogP contribution in [-0.2, 0) is 24.2 Å². The molecule has 1 aliphatic heterocycles. The third kappa shape index (κ3) is 6.22. The number of halogens is 1. The van der Waals surface area contributed by atoms with Crippen LogP contribution in [0.4, 0.5) is 0 Å². The molecule has 2 heterocycles. The second kappa shape index (κ2) is 10.3. The van der Waals surface area contributed by atoms with Crippen LogP contribution in [0.2, 0.25) is 5.02 Å². The summed E-state index contributed by atoms with van der Waals surface area (Å²) in [7, 11) is 0. The predicted octanol–water partition coefficient (Wildman–Crippen LogP) is 2.27. The van der Waals surface area contributed by atoms with Crippen molar-refractivity contribution in [2.24, 2.45) is 10.9 Å². The monoisotopic (exact) mass is 390 g/mol. The Kier molecular flexibility index (Phi) is 7.47. The summed E-state index contributed by atoms with van der Waals surface area (Å²) in [6.45, 7) is 6.75. The topological polar surface area (TPSA) is 76.4 Å². The zero-order valence-electron chi connectivity index (χ0n) is 15.7. The van der Waals surface area contributed by atoms with Crippen molar-refractivity contribution < 1.29 is 4.74 Å². The zero-order valence-corrected chi connectivity index (χ0v) is 16.5. The van der Waals surface area contributed by atoms with Crippen LogP contribution in [-0.4, -0.2) is 47.0 Å². The molecule has 0 spiro atoms. The van der Waals surface area contributed by atoms with Gasteiger partial charge in [0, 0.05) is 43.6 Å². The first-order chi connectivity index (χ1) is 13.2. The molecular formula is C19H27ClN6O. The Balaban J connectivity index is 1.55. The fraction of sp³-hybridized carbons (Fsp3) is 0.526. The fourth-order valence-electron chi connectivity index (χ4n) is 2.95. The highest BCUT2D eigenvalue weighted by Gasteiger charge is 2.15. The molecule has 2 aromatic rings. The van der Waals surface area contributed by atoms with Crippen LogP contribution in [0.15, 0.2) is 35.6 Å². The highest BCUT2D eigenvalue weighted by atomic mass is 35.5. The van der Waals surface area contributed by atoms with Gasteiger partial charge in [-0.3, -0.25) is 0 Å². The predicted molar refractivity (Wildman–Crippen MR) is 107 cm³/mol. The van der Waals surface area contributed by atoms with Crippen LogP contribution in [0.1, 0.15) is 24.7 Å². The first-order valence-corrected chi connectivity index (χ1v) is 9.83. The van der Waals surface area contributed by atoms with Crippen molar-refractivity contribution in [2.75, 3.05) is 26.3 Å². The highest BCUT2D eigenvalue weighted by molar-refractivity contribution is 6.30. The van der Waals surface area contributed by atoms with Crippen LogP contribution in [0.5, 0.6) is 0 Å². The minimum Gasteiger partial charge on any atom is -0.381 e. The molecule has 7 nitrogen and oxygen atoms in total. The van der Waals surface area contributed by atoms with Gasteiger partial charge in [-0.15, -0.1) is 10.2 Å². The Morgan fingerprint density at radius 3 is 2.93 bits per heavy atom. The molecule has 1 saturated heterocycles. The van der Waals surface area contributed by atoms with Gasteiger partial charge in [0.25, 0.3) is 0 Å². The summed E-state index contributed by atoms with van der Waals surface area (Å²) in [6.07, 6.45) is 3.74. The van der Waals surface area contributed by atoms with Gasteiger partial charge in [-0.2, -0.15) is 0 Å². The summed E-state index contributed by atoms with van der Waals surface area (Å²) in [5.41, 5.74) is 1.12. The van der Waals surface area contributed by atoms with Crippen molar-refractivity contribution >= 4 is 17.6 Å². The molecule has 1 fully saturated rings. The minimum absolute atomic E-state index is 0.539. The number of hydrogen-bond donors (Lipinski definition) is 2. The number of hydrogen-bond acceptors (Lipinski definition) is 4. The van der Waals surface area contributed by atoms with Crippen LogP contribution >= 0.6 is 11.6 Å². The van der Waals surface area contributed by atoms with Gasteiger partial charge in [0.1, 0.15) is 12.2 Å². The number of benzene rings is 1. The zero-order chi connectivity index (χ0) is 18.9. The number of nitrogens with zero attached hydrogens (tertiary/aromatic N) is 4. The van der Waals surface area contributed by atoms with Gasteiger partial charge in [0.15, 0.2) is 5.96 Å². The number of aryl methyl sites for hydroxylation is 1. The lowest BCUT2D eigenvalue weighted by atomic mass is 10.1. The van der Waals surface area contributed by atoms with Crippen LogP contribution in [0.25, 0.3) is 0 Å². The lowest BCUT2D eigenvalue weighted by molar-refractivity contribution is 0.186. The molecule has 3 rings (SSSR count). The van der Waals surface area contributed by atoms with E-state index in [9.17, 15) is 0 Å². The van der Waals surface area contributed by atoms with Crippen molar-refractivity contribution in [2.45, 2.75) is 32.9 Å². The Morgan fingerprint density at radius 1 is 1.33 bits per heavy atom. The van der Waals surface area contributed by atoms with Crippen molar-refractivity contribution in [1.82, 2.24) is 25.4 Å². The highest BCUT2D eigenvalue weighted by Crippen LogP contribution is 2.11. The quantitative estimate of drug-likeness (QED) is 0.534. The molecule has 0 aliphatic carbocycles. The van der Waals surface area contributed by atoms with E-state index in [0.29, 0.717) is 12.5 Å². The van der Waals surface area contributed by atoms with E-state index in [1.807, 2.05) is 24.3 Å². The molecule has 1 aliphatic rings. The number of ether oxygens (including phenoxy) is 1. The molecule has 27 heavy (non-hydrogen) atoms. The maximum absolute atomic E-state index is 5.95. The van der Waals surface area contributed by atoms with Gasteiger partial charge in [-0.05, 0) is 24.1 Å². The average Bonchev–Trinajstić information content (AvgIpc) is 3.36. The summed E-state index contributed by atoms with van der Waals surface area (Å²) in [5.74, 6) is 2.34. The lowest BCUT2D eigenvalue weighted by Gasteiger charge is -2.15. The third-order valence-electron chi connectivity index (χ3n) is 4.57. The Morgan fingerprint density at radius 2 is 2.19 bits per heavy atom. The van der Waals surface area contributed by atoms with E-state index in [2.05, 4.69) is 32.3 Å². The van der Waals surface area contributed by atoms with Crippen LogP contribution < -0.4 is 10.6 Å². The lowest BCUT2D eigenvalue weighted by Crippen LogP contribution is -2.41.